The fourth-order valence-electron chi connectivity index (χ4n) is 2.23. The zero-order valence-corrected chi connectivity index (χ0v) is 14.5. The molecule has 0 heterocycles. The Bertz CT molecular complexity index is 633. The van der Waals surface area contributed by atoms with E-state index in [0.29, 0.717) is 12.5 Å². The monoisotopic (exact) mass is 364 g/mol. The van der Waals surface area contributed by atoms with Crippen molar-refractivity contribution in [3.05, 3.63) is 30.1 Å². The van der Waals surface area contributed by atoms with Crippen LogP contribution in [0.2, 0.25) is 0 Å². The number of rotatable bonds is 7. The third kappa shape index (κ3) is 5.75. The summed E-state index contributed by atoms with van der Waals surface area (Å²) in [5, 5.41) is 2.70. The van der Waals surface area contributed by atoms with Crippen molar-refractivity contribution in [3.63, 3.8) is 0 Å². The van der Waals surface area contributed by atoms with Gasteiger partial charge < -0.3 is 11.1 Å². The highest BCUT2D eigenvalue weighted by Gasteiger charge is 2.29. The van der Waals surface area contributed by atoms with E-state index >= 15 is 0 Å². The van der Waals surface area contributed by atoms with E-state index in [2.05, 4.69) is 5.32 Å². The van der Waals surface area contributed by atoms with E-state index in [4.69, 9.17) is 5.73 Å². The summed E-state index contributed by atoms with van der Waals surface area (Å²) in [6, 6.07) is 4.53. The number of amides is 1. The van der Waals surface area contributed by atoms with Gasteiger partial charge >= 0.3 is 0 Å². The van der Waals surface area contributed by atoms with Gasteiger partial charge in [0, 0.05) is 18.5 Å². The molecule has 1 aliphatic carbocycles. The molecule has 5 nitrogen and oxygen atoms in total. The Hall–Kier alpha value is -1.18. The molecule has 0 radical (unpaired) electrons. The van der Waals surface area contributed by atoms with Gasteiger partial charge in [-0.1, -0.05) is 6.92 Å². The summed E-state index contributed by atoms with van der Waals surface area (Å²) in [5.74, 6) is -1.37. The van der Waals surface area contributed by atoms with Gasteiger partial charge in [-0.05, 0) is 43.0 Å². The molecular weight excluding hydrogens is 343 g/mol. The highest BCUT2D eigenvalue weighted by Crippen LogP contribution is 2.31. The minimum atomic E-state index is -3.62. The molecule has 1 aliphatic rings. The Labute approximate surface area is 142 Å². The Morgan fingerprint density at radius 2 is 1.91 bits per heavy atom. The van der Waals surface area contributed by atoms with Gasteiger partial charge in [-0.25, -0.2) is 12.8 Å². The van der Waals surface area contributed by atoms with Crippen molar-refractivity contribution in [1.82, 2.24) is 5.32 Å². The lowest BCUT2D eigenvalue weighted by molar-refractivity contribution is -0.123. The molecule has 0 spiro atoms. The van der Waals surface area contributed by atoms with Crippen LogP contribution in [0.15, 0.2) is 29.2 Å². The van der Waals surface area contributed by atoms with Crippen molar-refractivity contribution >= 4 is 28.2 Å². The van der Waals surface area contributed by atoms with E-state index < -0.39 is 21.6 Å². The molecule has 1 aromatic rings. The predicted octanol–water partition coefficient (Wildman–Crippen LogP) is 1.51. The summed E-state index contributed by atoms with van der Waals surface area (Å²) in [5.41, 5.74) is 5.89. The van der Waals surface area contributed by atoms with Crippen molar-refractivity contribution in [2.45, 2.75) is 30.7 Å². The summed E-state index contributed by atoms with van der Waals surface area (Å²) in [6.07, 6.45) is 2.18. The predicted molar refractivity (Wildman–Crippen MR) is 88.6 cm³/mol. The first-order valence-electron chi connectivity index (χ1n) is 7.31. The number of carbonyl (C=O) groups excluding carboxylic acids is 1. The summed E-state index contributed by atoms with van der Waals surface area (Å²) < 4.78 is 37.2. The van der Waals surface area contributed by atoms with E-state index in [1.807, 2.05) is 0 Å². The molecule has 23 heavy (non-hydrogen) atoms. The van der Waals surface area contributed by atoms with E-state index in [0.717, 1.165) is 25.0 Å². The first kappa shape index (κ1) is 19.9. The van der Waals surface area contributed by atoms with Crippen LogP contribution in [0.5, 0.6) is 0 Å². The fourth-order valence-corrected chi connectivity index (χ4v) is 3.78. The largest absolute Gasteiger partial charge is 0.354 e. The second kappa shape index (κ2) is 8.08. The molecule has 130 valence electrons. The maximum Gasteiger partial charge on any atom is 0.223 e. The molecule has 1 saturated carbocycles. The topological polar surface area (TPSA) is 89.3 Å². The quantitative estimate of drug-likeness (QED) is 0.718. The Morgan fingerprint density at radius 1 is 1.35 bits per heavy atom. The number of hydrogen-bond acceptors (Lipinski definition) is 4. The number of nitrogens with two attached hydrogens (primary N) is 1. The molecule has 2 atom stereocenters. The summed E-state index contributed by atoms with van der Waals surface area (Å²) >= 11 is 0. The summed E-state index contributed by atoms with van der Waals surface area (Å²) in [7, 11) is -3.62. The third-order valence-electron chi connectivity index (χ3n) is 3.83. The fraction of sp³-hybridized carbons (Fsp3) is 0.533. The number of benzene rings is 1. The third-order valence-corrected chi connectivity index (χ3v) is 5.76. The lowest BCUT2D eigenvalue weighted by atomic mass is 10.1. The number of nitrogens with one attached hydrogen (secondary N) is 1. The molecule has 0 saturated heterocycles. The highest BCUT2D eigenvalue weighted by molar-refractivity contribution is 7.91. The van der Waals surface area contributed by atoms with Gasteiger partial charge in [0.05, 0.1) is 10.6 Å². The number of halogens is 2. The van der Waals surface area contributed by atoms with Crippen molar-refractivity contribution in [2.75, 3.05) is 12.3 Å². The smallest absolute Gasteiger partial charge is 0.223 e. The molecule has 0 aromatic heterocycles. The molecule has 2 rings (SSSR count). The van der Waals surface area contributed by atoms with Crippen LogP contribution < -0.4 is 11.1 Å². The lowest BCUT2D eigenvalue weighted by Crippen LogP contribution is -2.41. The molecule has 0 bridgehead atoms. The van der Waals surface area contributed by atoms with E-state index in [9.17, 15) is 17.6 Å². The van der Waals surface area contributed by atoms with E-state index in [1.54, 1.807) is 6.92 Å². The van der Waals surface area contributed by atoms with Gasteiger partial charge in [0.15, 0.2) is 9.84 Å². The second-order valence-electron chi connectivity index (χ2n) is 5.88. The Kier molecular flexibility index (Phi) is 6.98. The molecule has 1 amide bonds. The standard InChI is InChI=1S/C15H21FN2O3S.ClH/c1-10(15(19)18-8-14(17)11-2-3-11)9-22(20,21)13-6-4-12(16)5-7-13;/h4-7,10-11,14H,2-3,8-9,17H2,1H3,(H,18,19);1H. The zero-order chi connectivity index (χ0) is 16.3. The van der Waals surface area contributed by atoms with Crippen LogP contribution in [0.4, 0.5) is 4.39 Å². The number of sulfone groups is 1. The van der Waals surface area contributed by atoms with Crippen molar-refractivity contribution in [3.8, 4) is 0 Å². The van der Waals surface area contributed by atoms with Crippen LogP contribution in [0.25, 0.3) is 0 Å². The first-order chi connectivity index (χ1) is 10.3. The highest BCUT2D eigenvalue weighted by atomic mass is 35.5. The van der Waals surface area contributed by atoms with Crippen molar-refractivity contribution in [1.29, 1.82) is 0 Å². The molecule has 3 N–H and O–H groups in total. The normalized spacial score (nSPS) is 17.0. The van der Waals surface area contributed by atoms with Gasteiger partial charge in [-0.3, -0.25) is 4.79 Å². The minimum Gasteiger partial charge on any atom is -0.354 e. The van der Waals surface area contributed by atoms with Gasteiger partial charge in [0.2, 0.25) is 5.91 Å². The van der Waals surface area contributed by atoms with Crippen LogP contribution in [-0.2, 0) is 14.6 Å². The van der Waals surface area contributed by atoms with Crippen LogP contribution in [0.3, 0.4) is 0 Å². The number of carbonyl (C=O) groups is 1. The average Bonchev–Trinajstić information content (AvgIpc) is 3.28. The molecule has 8 heteroatoms. The van der Waals surface area contributed by atoms with E-state index in [-0.39, 0.29) is 35.0 Å². The SMILES string of the molecule is CC(CS(=O)(=O)c1ccc(F)cc1)C(=O)NCC(N)C1CC1.Cl. The van der Waals surface area contributed by atoms with Crippen molar-refractivity contribution < 1.29 is 17.6 Å². The Balaban J connectivity index is 0.00000264. The molecule has 1 aromatic carbocycles. The van der Waals surface area contributed by atoms with Crippen LogP contribution in [0.1, 0.15) is 19.8 Å². The second-order valence-corrected chi connectivity index (χ2v) is 7.92. The molecule has 0 aliphatic heterocycles. The van der Waals surface area contributed by atoms with Crippen LogP contribution >= 0.6 is 12.4 Å². The van der Waals surface area contributed by atoms with Gasteiger partial charge in [-0.15, -0.1) is 12.4 Å². The maximum absolute atomic E-state index is 12.8. The number of hydrogen-bond donors (Lipinski definition) is 2. The first-order valence-corrected chi connectivity index (χ1v) is 8.96. The van der Waals surface area contributed by atoms with E-state index in [1.165, 1.54) is 12.1 Å². The minimum absolute atomic E-state index is 0. The van der Waals surface area contributed by atoms with Crippen molar-refractivity contribution in [2.24, 2.45) is 17.6 Å². The average molecular weight is 365 g/mol. The Morgan fingerprint density at radius 3 is 2.43 bits per heavy atom. The molecule has 1 fully saturated rings. The lowest BCUT2D eigenvalue weighted by Gasteiger charge is -2.15. The van der Waals surface area contributed by atoms with Gasteiger partial charge in [-0.2, -0.15) is 0 Å². The molecular formula is C15H22ClFN2O3S. The summed E-state index contributed by atoms with van der Waals surface area (Å²) in [4.78, 5) is 12.0. The maximum atomic E-state index is 12.8. The zero-order valence-electron chi connectivity index (χ0n) is 12.9. The molecule has 2 unspecified atom stereocenters. The van der Waals surface area contributed by atoms with Crippen LogP contribution in [-0.4, -0.2) is 32.7 Å². The summed E-state index contributed by atoms with van der Waals surface area (Å²) in [6.45, 7) is 1.92. The van der Waals surface area contributed by atoms with Gasteiger partial charge in [0.25, 0.3) is 0 Å². The van der Waals surface area contributed by atoms with Crippen LogP contribution in [0, 0.1) is 17.7 Å². The van der Waals surface area contributed by atoms with Gasteiger partial charge in [0.1, 0.15) is 5.82 Å².